The van der Waals surface area contributed by atoms with Crippen LogP contribution in [-0.2, 0) is 14.5 Å². The minimum absolute atomic E-state index is 0.557. The van der Waals surface area contributed by atoms with Gasteiger partial charge in [0.15, 0.2) is 0 Å². The fourth-order valence-electron chi connectivity index (χ4n) is 0.581. The molecule has 0 aliphatic carbocycles. The number of alkyl halides is 3. The van der Waals surface area contributed by atoms with Crippen LogP contribution in [0, 0.1) is 0 Å². The van der Waals surface area contributed by atoms with Crippen LogP contribution >= 0.6 is 34.8 Å². The smallest absolute Gasteiger partial charge is 0.249 e. The molecule has 0 amide bonds. The Balaban J connectivity index is 2.70. The predicted octanol–water partition coefficient (Wildman–Crippen LogP) is 1.36. The lowest BCUT2D eigenvalue weighted by molar-refractivity contribution is 0.320. The van der Waals surface area contributed by atoms with Crippen LogP contribution in [-0.4, -0.2) is 27.8 Å². The number of rotatable bonds is 3. The quantitative estimate of drug-likeness (QED) is 0.784. The monoisotopic (exact) mass is 278 g/mol. The van der Waals surface area contributed by atoms with Gasteiger partial charge in [-0.25, -0.2) is 13.1 Å². The van der Waals surface area contributed by atoms with Crippen LogP contribution in [0.4, 0.5) is 0 Å². The Morgan fingerprint density at radius 3 is 2.50 bits per heavy atom. The number of hydrogen-bond donors (Lipinski definition) is 0. The van der Waals surface area contributed by atoms with Crippen LogP contribution in [0.5, 0.6) is 0 Å². The normalized spacial score (nSPS) is 13.1. The summed E-state index contributed by atoms with van der Waals surface area (Å²) in [6.45, 7) is -0.557. The van der Waals surface area contributed by atoms with Crippen LogP contribution in [0.3, 0.4) is 0 Å². The van der Waals surface area contributed by atoms with Gasteiger partial charge in [0.25, 0.3) is 0 Å². The zero-order valence-electron chi connectivity index (χ0n) is 6.60. The van der Waals surface area contributed by atoms with Crippen molar-refractivity contribution < 1.29 is 12.6 Å². The fourth-order valence-corrected chi connectivity index (χ4v) is 1.76. The van der Waals surface area contributed by atoms with E-state index in [9.17, 15) is 8.42 Å². The van der Waals surface area contributed by atoms with Crippen LogP contribution in [0.25, 0.3) is 0 Å². The molecule has 0 aliphatic rings. The van der Waals surface area contributed by atoms with Crippen molar-refractivity contribution >= 4 is 45.1 Å². The average Bonchev–Trinajstić information content (AvgIpc) is 2.52. The van der Waals surface area contributed by atoms with Crippen molar-refractivity contribution in [1.29, 1.82) is 0 Å². The maximum atomic E-state index is 11.3. The van der Waals surface area contributed by atoms with Gasteiger partial charge in [0.05, 0.1) is 0 Å². The van der Waals surface area contributed by atoms with Crippen molar-refractivity contribution in [2.45, 2.75) is 3.79 Å². The summed E-state index contributed by atoms with van der Waals surface area (Å²) in [6.07, 6.45) is 3.55. The highest BCUT2D eigenvalue weighted by Gasteiger charge is 2.25. The summed E-state index contributed by atoms with van der Waals surface area (Å²) in [5.41, 5.74) is 0. The number of nitrogens with zero attached hydrogens (tertiary/aromatic N) is 2. The summed E-state index contributed by atoms with van der Waals surface area (Å²) in [5.74, 6) is 0. The predicted molar refractivity (Wildman–Crippen MR) is 52.8 cm³/mol. The maximum absolute atomic E-state index is 11.3. The minimum Gasteiger partial charge on any atom is -0.249 e. The Morgan fingerprint density at radius 2 is 2.07 bits per heavy atom. The van der Waals surface area contributed by atoms with Crippen molar-refractivity contribution in [2.24, 2.45) is 0 Å². The first-order chi connectivity index (χ1) is 6.31. The second-order valence-corrected chi connectivity index (χ2v) is 6.26. The van der Waals surface area contributed by atoms with E-state index in [0.717, 1.165) is 10.3 Å². The highest BCUT2D eigenvalue weighted by molar-refractivity contribution is 7.85. The second kappa shape index (κ2) is 4.24. The molecule has 9 heteroatoms. The van der Waals surface area contributed by atoms with Crippen LogP contribution in [0.2, 0.25) is 0 Å². The third-order valence-corrected chi connectivity index (χ3v) is 2.59. The molecular weight excluding hydrogens is 274 g/mol. The van der Waals surface area contributed by atoms with E-state index in [-0.39, 0.29) is 0 Å². The topological polar surface area (TPSA) is 61.2 Å². The van der Waals surface area contributed by atoms with Crippen molar-refractivity contribution in [3.05, 3.63) is 18.7 Å². The lowest BCUT2D eigenvalue weighted by atomic mass is 10.9. The Labute approximate surface area is 95.8 Å². The van der Waals surface area contributed by atoms with E-state index in [1.54, 1.807) is 0 Å². The van der Waals surface area contributed by atoms with Crippen LogP contribution in [0.15, 0.2) is 18.7 Å². The molecular formula is C5H5Cl3N2O3S. The molecule has 1 rings (SSSR count). The van der Waals surface area contributed by atoms with E-state index in [4.69, 9.17) is 34.8 Å². The molecule has 0 aliphatic heterocycles. The van der Waals surface area contributed by atoms with Crippen molar-refractivity contribution in [1.82, 2.24) is 8.96 Å². The number of imidazole rings is 1. The van der Waals surface area contributed by atoms with Gasteiger partial charge in [-0.1, -0.05) is 34.8 Å². The average molecular weight is 280 g/mol. The third-order valence-electron chi connectivity index (χ3n) is 1.11. The summed E-state index contributed by atoms with van der Waals surface area (Å²) < 4.78 is 26.0. The van der Waals surface area contributed by atoms with Crippen LogP contribution in [0.1, 0.15) is 0 Å². The van der Waals surface area contributed by atoms with E-state index < -0.39 is 20.7 Å². The van der Waals surface area contributed by atoms with Gasteiger partial charge in [0, 0.05) is 12.4 Å². The molecule has 5 nitrogen and oxygen atoms in total. The van der Waals surface area contributed by atoms with Crippen LogP contribution < -0.4 is 0 Å². The molecule has 0 saturated carbocycles. The van der Waals surface area contributed by atoms with Gasteiger partial charge in [0.1, 0.15) is 12.9 Å². The molecule has 1 aromatic rings. The minimum atomic E-state index is -3.95. The first-order valence-electron chi connectivity index (χ1n) is 3.26. The highest BCUT2D eigenvalue weighted by Crippen LogP contribution is 2.26. The molecule has 0 atom stereocenters. The number of aromatic nitrogens is 2. The molecule has 0 unspecified atom stereocenters. The van der Waals surface area contributed by atoms with Crippen molar-refractivity contribution in [2.75, 3.05) is 6.61 Å². The van der Waals surface area contributed by atoms with Gasteiger partial charge in [0.2, 0.25) is 3.79 Å². The number of halogens is 3. The first-order valence-corrected chi connectivity index (χ1v) is 5.76. The van der Waals surface area contributed by atoms with E-state index in [2.05, 4.69) is 9.17 Å². The SMILES string of the molecule is O=S(=O)(OCC(Cl)(Cl)Cl)n1ccnc1. The van der Waals surface area contributed by atoms with Gasteiger partial charge >= 0.3 is 10.3 Å². The lowest BCUT2D eigenvalue weighted by Crippen LogP contribution is -2.21. The van der Waals surface area contributed by atoms with Crippen molar-refractivity contribution in [3.8, 4) is 0 Å². The van der Waals surface area contributed by atoms with Gasteiger partial charge in [-0.15, -0.1) is 0 Å². The van der Waals surface area contributed by atoms with E-state index in [1.807, 2.05) is 0 Å². The summed E-state index contributed by atoms with van der Waals surface area (Å²) in [6, 6.07) is 0. The Hall–Kier alpha value is -0.0100. The van der Waals surface area contributed by atoms with E-state index >= 15 is 0 Å². The molecule has 0 radical (unpaired) electrons. The van der Waals surface area contributed by atoms with Gasteiger partial charge < -0.3 is 0 Å². The van der Waals surface area contributed by atoms with Gasteiger partial charge in [-0.2, -0.15) is 8.42 Å². The van der Waals surface area contributed by atoms with E-state index in [1.165, 1.54) is 12.4 Å². The lowest BCUT2D eigenvalue weighted by Gasteiger charge is -2.10. The number of hydrogen-bond acceptors (Lipinski definition) is 4. The summed E-state index contributed by atoms with van der Waals surface area (Å²) in [7, 11) is -3.95. The maximum Gasteiger partial charge on any atom is 0.367 e. The van der Waals surface area contributed by atoms with E-state index in [0.29, 0.717) is 0 Å². The molecule has 1 heterocycles. The molecule has 1 aromatic heterocycles. The largest absolute Gasteiger partial charge is 0.367 e. The zero-order chi connectivity index (χ0) is 10.8. The molecule has 0 fully saturated rings. The zero-order valence-corrected chi connectivity index (χ0v) is 9.68. The standard InChI is InChI=1S/C5H5Cl3N2O3S/c6-5(7,8)3-13-14(11,12)10-2-1-9-4-10/h1-2,4H,3H2. The summed E-state index contributed by atoms with van der Waals surface area (Å²) in [4.78, 5) is 3.54. The van der Waals surface area contributed by atoms with Gasteiger partial charge in [-0.05, 0) is 0 Å². The molecule has 80 valence electrons. The van der Waals surface area contributed by atoms with Crippen molar-refractivity contribution in [3.63, 3.8) is 0 Å². The van der Waals surface area contributed by atoms with Gasteiger partial charge in [-0.3, -0.25) is 0 Å². The second-order valence-electron chi connectivity index (χ2n) is 2.23. The summed E-state index contributed by atoms with van der Waals surface area (Å²) in [5, 5.41) is 0. The molecule has 14 heavy (non-hydrogen) atoms. The molecule has 0 N–H and O–H groups in total. The summed E-state index contributed by atoms with van der Waals surface area (Å²) >= 11 is 16.0. The first kappa shape index (κ1) is 12.1. The Bertz CT molecular complexity index is 383. The highest BCUT2D eigenvalue weighted by atomic mass is 35.6. The molecule has 0 spiro atoms. The molecule has 0 saturated heterocycles. The Morgan fingerprint density at radius 1 is 1.43 bits per heavy atom. The fraction of sp³-hybridized carbons (Fsp3) is 0.400. The molecule has 0 bridgehead atoms. The Kier molecular flexibility index (Phi) is 3.65. The molecule has 0 aromatic carbocycles. The third kappa shape index (κ3) is 3.62.